The Bertz CT molecular complexity index is 1460. The minimum Gasteiger partial charge on any atom is -0.465 e. The number of benzene rings is 3. The summed E-state index contributed by atoms with van der Waals surface area (Å²) in [5.74, 6) is 0.359. The first-order valence-corrected chi connectivity index (χ1v) is 10.1. The normalized spacial score (nSPS) is 11.2. The lowest BCUT2D eigenvalue weighted by Crippen LogP contribution is -2.03. The Morgan fingerprint density at radius 3 is 2.55 bits per heavy atom. The van der Waals surface area contributed by atoms with Gasteiger partial charge in [0.2, 0.25) is 0 Å². The second-order valence-corrected chi connectivity index (χ2v) is 7.69. The molecule has 0 fully saturated rings. The average Bonchev–Trinajstić information content (AvgIpc) is 3.24. The van der Waals surface area contributed by atoms with Crippen molar-refractivity contribution in [2.24, 2.45) is 0 Å². The second kappa shape index (κ2) is 7.40. The van der Waals surface area contributed by atoms with Crippen molar-refractivity contribution in [3.8, 4) is 22.6 Å². The first kappa shape index (κ1) is 19.1. The van der Waals surface area contributed by atoms with Crippen LogP contribution in [0.4, 0.5) is 0 Å². The van der Waals surface area contributed by atoms with Crippen molar-refractivity contribution < 1.29 is 13.9 Å². The van der Waals surface area contributed by atoms with E-state index in [1.165, 1.54) is 12.7 Å². The lowest BCUT2D eigenvalue weighted by Gasteiger charge is -2.07. The third kappa shape index (κ3) is 3.26. The third-order valence-corrected chi connectivity index (χ3v) is 5.69. The molecule has 2 aromatic heterocycles. The molecule has 0 amide bonds. The van der Waals surface area contributed by atoms with E-state index < -0.39 is 0 Å². The number of pyridine rings is 1. The predicted octanol–water partition coefficient (Wildman–Crippen LogP) is 6.72. The molecule has 0 aliphatic carbocycles. The standard InChI is InChI=1S/C27H21NO3/c1-16-8-9-17(2)26-20(16)12-13-23(28-26)25-15-19-11-10-18(14-24(19)31-25)21-6-4-5-7-22(21)27(29)30-3/h4-15H,1-3H3. The molecule has 0 N–H and O–H groups in total. The predicted molar refractivity (Wildman–Crippen MR) is 123 cm³/mol. The number of carbonyl (C=O) groups is 1. The number of hydrogen-bond acceptors (Lipinski definition) is 4. The van der Waals surface area contributed by atoms with Gasteiger partial charge in [-0.1, -0.05) is 48.5 Å². The fourth-order valence-corrected chi connectivity index (χ4v) is 3.98. The average molecular weight is 407 g/mol. The second-order valence-electron chi connectivity index (χ2n) is 7.69. The van der Waals surface area contributed by atoms with Crippen molar-refractivity contribution in [1.82, 2.24) is 4.98 Å². The zero-order valence-electron chi connectivity index (χ0n) is 17.6. The summed E-state index contributed by atoms with van der Waals surface area (Å²) in [6.45, 7) is 4.17. The summed E-state index contributed by atoms with van der Waals surface area (Å²) in [5.41, 5.74) is 7.11. The molecule has 31 heavy (non-hydrogen) atoms. The molecule has 0 unspecified atom stereocenters. The topological polar surface area (TPSA) is 52.3 Å². The maximum atomic E-state index is 12.2. The van der Waals surface area contributed by atoms with Crippen LogP contribution in [0.25, 0.3) is 44.5 Å². The summed E-state index contributed by atoms with van der Waals surface area (Å²) < 4.78 is 11.1. The summed E-state index contributed by atoms with van der Waals surface area (Å²) in [6, 6.07) is 23.7. The van der Waals surface area contributed by atoms with E-state index in [-0.39, 0.29) is 5.97 Å². The van der Waals surface area contributed by atoms with Gasteiger partial charge >= 0.3 is 5.97 Å². The van der Waals surface area contributed by atoms with E-state index in [1.807, 2.05) is 48.5 Å². The number of furan rings is 1. The van der Waals surface area contributed by atoms with Gasteiger partial charge in [-0.05, 0) is 60.4 Å². The van der Waals surface area contributed by atoms with Gasteiger partial charge < -0.3 is 9.15 Å². The summed E-state index contributed by atoms with van der Waals surface area (Å²) in [7, 11) is 1.39. The Kier molecular flexibility index (Phi) is 4.55. The molecule has 0 aliphatic heterocycles. The number of ether oxygens (including phenoxy) is 1. The van der Waals surface area contributed by atoms with Crippen LogP contribution in [0.5, 0.6) is 0 Å². The Balaban J connectivity index is 1.61. The third-order valence-electron chi connectivity index (χ3n) is 5.69. The van der Waals surface area contributed by atoms with Gasteiger partial charge in [-0.2, -0.15) is 0 Å². The van der Waals surface area contributed by atoms with E-state index in [0.717, 1.165) is 50.0 Å². The summed E-state index contributed by atoms with van der Waals surface area (Å²) in [4.78, 5) is 17.0. The van der Waals surface area contributed by atoms with E-state index in [1.54, 1.807) is 6.07 Å². The lowest BCUT2D eigenvalue weighted by atomic mass is 9.99. The number of aromatic nitrogens is 1. The zero-order valence-corrected chi connectivity index (χ0v) is 17.6. The summed E-state index contributed by atoms with van der Waals surface area (Å²) >= 11 is 0. The molecule has 2 heterocycles. The summed E-state index contributed by atoms with van der Waals surface area (Å²) in [6.07, 6.45) is 0. The van der Waals surface area contributed by atoms with Crippen LogP contribution in [0.2, 0.25) is 0 Å². The zero-order chi connectivity index (χ0) is 21.5. The molecule has 0 saturated carbocycles. The Morgan fingerprint density at radius 1 is 0.903 bits per heavy atom. The van der Waals surface area contributed by atoms with Gasteiger partial charge in [0.15, 0.2) is 5.76 Å². The lowest BCUT2D eigenvalue weighted by molar-refractivity contribution is 0.0601. The van der Waals surface area contributed by atoms with Crippen LogP contribution < -0.4 is 0 Å². The maximum Gasteiger partial charge on any atom is 0.338 e. The van der Waals surface area contributed by atoms with E-state index in [0.29, 0.717) is 5.56 Å². The molecule has 152 valence electrons. The minimum atomic E-state index is -0.359. The molecular weight excluding hydrogens is 386 g/mol. The molecule has 4 heteroatoms. The highest BCUT2D eigenvalue weighted by Crippen LogP contribution is 2.33. The Labute approximate surface area is 180 Å². The molecule has 0 radical (unpaired) electrons. The first-order chi connectivity index (χ1) is 15.0. The maximum absolute atomic E-state index is 12.2. The summed E-state index contributed by atoms with van der Waals surface area (Å²) in [5, 5.41) is 2.14. The molecule has 0 aliphatic rings. The van der Waals surface area contributed by atoms with E-state index in [9.17, 15) is 4.79 Å². The number of nitrogens with zero attached hydrogens (tertiary/aromatic N) is 1. The van der Waals surface area contributed by atoms with Crippen LogP contribution in [0.15, 0.2) is 77.2 Å². The van der Waals surface area contributed by atoms with Crippen LogP contribution >= 0.6 is 0 Å². The van der Waals surface area contributed by atoms with Crippen molar-refractivity contribution in [1.29, 1.82) is 0 Å². The highest BCUT2D eigenvalue weighted by Gasteiger charge is 2.15. The van der Waals surface area contributed by atoms with E-state index in [2.05, 4.69) is 32.0 Å². The fourth-order valence-electron chi connectivity index (χ4n) is 3.98. The molecule has 5 aromatic rings. The first-order valence-electron chi connectivity index (χ1n) is 10.1. The van der Waals surface area contributed by atoms with Crippen molar-refractivity contribution in [3.63, 3.8) is 0 Å². The highest BCUT2D eigenvalue weighted by atomic mass is 16.5. The minimum absolute atomic E-state index is 0.359. The molecule has 0 atom stereocenters. The SMILES string of the molecule is COC(=O)c1ccccc1-c1ccc2cc(-c3ccc4c(C)ccc(C)c4n3)oc2c1. The Hall–Kier alpha value is -3.92. The van der Waals surface area contributed by atoms with Crippen LogP contribution in [-0.2, 0) is 4.74 Å². The molecule has 4 nitrogen and oxygen atoms in total. The molecule has 0 spiro atoms. The van der Waals surface area contributed by atoms with Gasteiger partial charge in [-0.15, -0.1) is 0 Å². The van der Waals surface area contributed by atoms with Crippen molar-refractivity contribution >= 4 is 27.8 Å². The van der Waals surface area contributed by atoms with Crippen LogP contribution in [-0.4, -0.2) is 18.1 Å². The fraction of sp³-hybridized carbons (Fsp3) is 0.111. The van der Waals surface area contributed by atoms with Crippen LogP contribution in [0.3, 0.4) is 0 Å². The molecule has 0 bridgehead atoms. The van der Waals surface area contributed by atoms with E-state index >= 15 is 0 Å². The largest absolute Gasteiger partial charge is 0.465 e. The highest BCUT2D eigenvalue weighted by molar-refractivity contribution is 5.98. The molecule has 5 rings (SSSR count). The van der Waals surface area contributed by atoms with Gasteiger partial charge in [0.1, 0.15) is 11.3 Å². The van der Waals surface area contributed by atoms with Crippen molar-refractivity contribution in [3.05, 3.63) is 89.5 Å². The van der Waals surface area contributed by atoms with Crippen molar-refractivity contribution in [2.45, 2.75) is 13.8 Å². The number of methoxy groups -OCH3 is 1. The van der Waals surface area contributed by atoms with Crippen molar-refractivity contribution in [2.75, 3.05) is 7.11 Å². The van der Waals surface area contributed by atoms with E-state index in [4.69, 9.17) is 14.1 Å². The van der Waals surface area contributed by atoms with Gasteiger partial charge in [-0.25, -0.2) is 9.78 Å². The number of rotatable bonds is 3. The number of esters is 1. The van der Waals surface area contributed by atoms with Gasteiger partial charge in [0.05, 0.1) is 18.2 Å². The number of hydrogen-bond donors (Lipinski definition) is 0. The number of aryl methyl sites for hydroxylation is 2. The van der Waals surface area contributed by atoms with Gasteiger partial charge in [0.25, 0.3) is 0 Å². The number of carbonyl (C=O) groups excluding carboxylic acids is 1. The van der Waals surface area contributed by atoms with Crippen LogP contribution in [0, 0.1) is 13.8 Å². The Morgan fingerprint density at radius 2 is 1.71 bits per heavy atom. The quantitative estimate of drug-likeness (QED) is 0.312. The molecule has 0 saturated heterocycles. The van der Waals surface area contributed by atoms with Crippen LogP contribution in [0.1, 0.15) is 21.5 Å². The number of fused-ring (bicyclic) bond motifs is 2. The van der Waals surface area contributed by atoms with Gasteiger partial charge in [-0.3, -0.25) is 0 Å². The smallest absolute Gasteiger partial charge is 0.338 e. The molecular formula is C27H21NO3. The molecule has 3 aromatic carbocycles. The monoisotopic (exact) mass is 407 g/mol. The van der Waals surface area contributed by atoms with Gasteiger partial charge in [0, 0.05) is 10.8 Å².